The molecule has 2 unspecified atom stereocenters. The van der Waals surface area contributed by atoms with Crippen molar-refractivity contribution in [1.82, 2.24) is 4.98 Å². The van der Waals surface area contributed by atoms with Crippen LogP contribution in [-0.4, -0.2) is 37.3 Å². The number of nitrogens with one attached hydrogen (secondary N) is 1. The summed E-state index contributed by atoms with van der Waals surface area (Å²) < 4.78 is 10.1. The largest absolute Gasteiger partial charge is 0.465 e. The number of nitrogens with two attached hydrogens (primary N) is 1. The van der Waals surface area contributed by atoms with Crippen LogP contribution in [0, 0.1) is 0 Å². The van der Waals surface area contributed by atoms with Gasteiger partial charge in [-0.05, 0) is 25.3 Å². The summed E-state index contributed by atoms with van der Waals surface area (Å²) in [6, 6.07) is 1.83. The van der Waals surface area contributed by atoms with E-state index < -0.39 is 5.97 Å². The fourth-order valence-electron chi connectivity index (χ4n) is 2.34. The third-order valence-corrected chi connectivity index (χ3v) is 3.37. The van der Waals surface area contributed by atoms with Gasteiger partial charge in [-0.1, -0.05) is 0 Å². The number of carbonyl (C=O) groups is 1. The first kappa shape index (κ1) is 13.6. The van der Waals surface area contributed by atoms with Gasteiger partial charge in [-0.25, -0.2) is 9.78 Å². The summed E-state index contributed by atoms with van der Waals surface area (Å²) >= 11 is 0. The molecule has 1 heterocycles. The van der Waals surface area contributed by atoms with E-state index in [9.17, 15) is 4.79 Å². The summed E-state index contributed by atoms with van der Waals surface area (Å²) in [4.78, 5) is 15.9. The molecule has 1 aromatic rings. The number of pyridine rings is 1. The number of ether oxygens (including phenoxy) is 2. The van der Waals surface area contributed by atoms with Gasteiger partial charge >= 0.3 is 5.97 Å². The van der Waals surface area contributed by atoms with Gasteiger partial charge in [0, 0.05) is 13.2 Å². The Bertz CT molecular complexity index is 464. The molecule has 0 aromatic carbocycles. The van der Waals surface area contributed by atoms with Crippen molar-refractivity contribution in [2.24, 2.45) is 0 Å². The molecule has 0 bridgehead atoms. The van der Waals surface area contributed by atoms with Gasteiger partial charge in [0.1, 0.15) is 11.4 Å². The number of aromatic nitrogens is 1. The molecular formula is C13H19N3O3. The van der Waals surface area contributed by atoms with E-state index in [1.807, 2.05) is 0 Å². The van der Waals surface area contributed by atoms with Gasteiger partial charge in [0.05, 0.1) is 25.1 Å². The number of hydrogen-bond donors (Lipinski definition) is 2. The molecule has 19 heavy (non-hydrogen) atoms. The average Bonchev–Trinajstić information content (AvgIpc) is 2.87. The number of carbonyl (C=O) groups excluding carboxylic acids is 1. The van der Waals surface area contributed by atoms with Crippen LogP contribution in [0.15, 0.2) is 12.3 Å². The highest BCUT2D eigenvalue weighted by Crippen LogP contribution is 2.26. The van der Waals surface area contributed by atoms with Crippen molar-refractivity contribution in [3.63, 3.8) is 0 Å². The van der Waals surface area contributed by atoms with Crippen LogP contribution in [-0.2, 0) is 9.47 Å². The summed E-state index contributed by atoms with van der Waals surface area (Å²) in [5.74, 6) is 0.0754. The molecule has 0 radical (unpaired) electrons. The van der Waals surface area contributed by atoms with Gasteiger partial charge in [-0.3, -0.25) is 0 Å². The minimum atomic E-state index is -0.441. The Morgan fingerprint density at radius 2 is 2.26 bits per heavy atom. The van der Waals surface area contributed by atoms with Crippen LogP contribution >= 0.6 is 0 Å². The molecule has 1 fully saturated rings. The Balaban J connectivity index is 2.14. The van der Waals surface area contributed by atoms with Crippen LogP contribution in [0.25, 0.3) is 0 Å². The molecule has 0 amide bonds. The number of methoxy groups -OCH3 is 2. The zero-order valence-corrected chi connectivity index (χ0v) is 11.2. The van der Waals surface area contributed by atoms with Gasteiger partial charge in [0.25, 0.3) is 0 Å². The van der Waals surface area contributed by atoms with Crippen LogP contribution in [0.4, 0.5) is 11.5 Å². The van der Waals surface area contributed by atoms with Crippen LogP contribution in [0.3, 0.4) is 0 Å². The van der Waals surface area contributed by atoms with E-state index in [2.05, 4.69) is 10.3 Å². The highest BCUT2D eigenvalue weighted by atomic mass is 16.5. The molecule has 104 valence electrons. The van der Waals surface area contributed by atoms with Crippen LogP contribution < -0.4 is 11.1 Å². The van der Waals surface area contributed by atoms with E-state index in [-0.39, 0.29) is 12.1 Å². The van der Waals surface area contributed by atoms with E-state index in [4.69, 9.17) is 15.2 Å². The van der Waals surface area contributed by atoms with Gasteiger partial charge in [0.2, 0.25) is 0 Å². The van der Waals surface area contributed by atoms with E-state index in [1.54, 1.807) is 13.2 Å². The molecule has 0 aliphatic heterocycles. The molecule has 1 saturated carbocycles. The fourth-order valence-corrected chi connectivity index (χ4v) is 2.34. The normalized spacial score (nSPS) is 22.2. The van der Waals surface area contributed by atoms with Gasteiger partial charge in [-0.2, -0.15) is 0 Å². The Morgan fingerprint density at radius 1 is 1.47 bits per heavy atom. The van der Waals surface area contributed by atoms with Crippen LogP contribution in [0.2, 0.25) is 0 Å². The molecule has 0 saturated heterocycles. The lowest BCUT2D eigenvalue weighted by Gasteiger charge is -2.16. The first-order chi connectivity index (χ1) is 9.13. The van der Waals surface area contributed by atoms with E-state index >= 15 is 0 Å². The second kappa shape index (κ2) is 5.88. The third kappa shape index (κ3) is 3.14. The van der Waals surface area contributed by atoms with Crippen LogP contribution in [0.1, 0.15) is 29.6 Å². The second-order valence-electron chi connectivity index (χ2n) is 4.67. The zero-order valence-electron chi connectivity index (χ0n) is 11.2. The average molecular weight is 265 g/mol. The van der Waals surface area contributed by atoms with Crippen molar-refractivity contribution in [2.75, 3.05) is 25.3 Å². The van der Waals surface area contributed by atoms with Crippen molar-refractivity contribution < 1.29 is 14.3 Å². The maximum atomic E-state index is 11.7. The van der Waals surface area contributed by atoms with Gasteiger partial charge in [0.15, 0.2) is 0 Å². The minimum absolute atomic E-state index is 0.254. The Kier molecular flexibility index (Phi) is 4.21. The number of anilines is 2. The number of nitrogens with zero attached hydrogens (tertiary/aromatic N) is 1. The topological polar surface area (TPSA) is 86.5 Å². The second-order valence-corrected chi connectivity index (χ2v) is 4.67. The predicted molar refractivity (Wildman–Crippen MR) is 72.0 cm³/mol. The molecule has 6 heteroatoms. The smallest absolute Gasteiger partial charge is 0.341 e. The zero-order chi connectivity index (χ0) is 13.8. The van der Waals surface area contributed by atoms with E-state index in [1.165, 1.54) is 13.3 Å². The summed E-state index contributed by atoms with van der Waals surface area (Å²) in [5, 5.41) is 3.27. The van der Waals surface area contributed by atoms with Crippen molar-refractivity contribution >= 4 is 17.5 Å². The number of nitrogen functional groups attached to an aromatic ring is 1. The SMILES string of the molecule is COC(=O)c1cc(N)cnc1NC1CCC(OC)C1. The number of esters is 1. The minimum Gasteiger partial charge on any atom is -0.465 e. The first-order valence-corrected chi connectivity index (χ1v) is 6.27. The lowest BCUT2D eigenvalue weighted by Crippen LogP contribution is -2.20. The Labute approximate surface area is 112 Å². The number of rotatable bonds is 4. The monoisotopic (exact) mass is 265 g/mol. The van der Waals surface area contributed by atoms with Crippen LogP contribution in [0.5, 0.6) is 0 Å². The maximum Gasteiger partial charge on any atom is 0.341 e. The van der Waals surface area contributed by atoms with Crippen molar-refractivity contribution in [2.45, 2.75) is 31.4 Å². The van der Waals surface area contributed by atoms with E-state index in [0.717, 1.165) is 19.3 Å². The van der Waals surface area contributed by atoms with Gasteiger partial charge < -0.3 is 20.5 Å². The fraction of sp³-hybridized carbons (Fsp3) is 0.538. The molecular weight excluding hydrogens is 246 g/mol. The van der Waals surface area contributed by atoms with Gasteiger partial charge in [-0.15, -0.1) is 0 Å². The third-order valence-electron chi connectivity index (χ3n) is 3.37. The quantitative estimate of drug-likeness (QED) is 0.801. The molecule has 2 atom stereocenters. The van der Waals surface area contributed by atoms with Crippen molar-refractivity contribution in [3.05, 3.63) is 17.8 Å². The highest BCUT2D eigenvalue weighted by molar-refractivity contribution is 5.95. The lowest BCUT2D eigenvalue weighted by molar-refractivity contribution is 0.0601. The molecule has 6 nitrogen and oxygen atoms in total. The Morgan fingerprint density at radius 3 is 2.89 bits per heavy atom. The molecule has 1 aliphatic carbocycles. The molecule has 3 N–H and O–H groups in total. The predicted octanol–water partition coefficient (Wildman–Crippen LogP) is 1.43. The van der Waals surface area contributed by atoms with E-state index in [0.29, 0.717) is 17.1 Å². The molecule has 1 aromatic heterocycles. The lowest BCUT2D eigenvalue weighted by atomic mass is 10.2. The molecule has 2 rings (SSSR count). The summed E-state index contributed by atoms with van der Waals surface area (Å²) in [7, 11) is 3.06. The first-order valence-electron chi connectivity index (χ1n) is 6.27. The standard InChI is InChI=1S/C13H19N3O3/c1-18-10-4-3-9(6-10)16-12-11(13(17)19-2)5-8(14)7-15-12/h5,7,9-10H,3-4,6,14H2,1-2H3,(H,15,16). The Hall–Kier alpha value is -1.82. The maximum absolute atomic E-state index is 11.7. The molecule has 0 spiro atoms. The van der Waals surface area contributed by atoms with Crippen molar-refractivity contribution in [3.8, 4) is 0 Å². The van der Waals surface area contributed by atoms with Crippen molar-refractivity contribution in [1.29, 1.82) is 0 Å². The highest BCUT2D eigenvalue weighted by Gasteiger charge is 2.26. The summed E-state index contributed by atoms with van der Waals surface area (Å²) in [6.45, 7) is 0. The summed E-state index contributed by atoms with van der Waals surface area (Å²) in [5.41, 5.74) is 6.46. The number of hydrogen-bond acceptors (Lipinski definition) is 6. The summed E-state index contributed by atoms with van der Waals surface area (Å²) in [6.07, 6.45) is 4.70. The molecule has 1 aliphatic rings.